The van der Waals surface area contributed by atoms with Crippen LogP contribution in [0.25, 0.3) is 5.69 Å². The Morgan fingerprint density at radius 3 is 2.19 bits per heavy atom. The van der Waals surface area contributed by atoms with E-state index in [-0.39, 0.29) is 0 Å². The van der Waals surface area contributed by atoms with Crippen LogP contribution >= 0.6 is 0 Å². The van der Waals surface area contributed by atoms with Crippen molar-refractivity contribution in [1.82, 2.24) is 15.0 Å². The van der Waals surface area contributed by atoms with Crippen molar-refractivity contribution in [3.05, 3.63) is 77.6 Å². The van der Waals surface area contributed by atoms with Gasteiger partial charge in [-0.3, -0.25) is 0 Å². The molecule has 0 saturated carbocycles. The van der Waals surface area contributed by atoms with Gasteiger partial charge in [0.2, 0.25) is 0 Å². The fourth-order valence-corrected chi connectivity index (χ4v) is 2.43. The van der Waals surface area contributed by atoms with Crippen LogP contribution in [0.15, 0.2) is 60.7 Å². The van der Waals surface area contributed by atoms with Crippen LogP contribution in [0.2, 0.25) is 0 Å². The van der Waals surface area contributed by atoms with E-state index in [1.807, 2.05) is 41.1 Å². The molecule has 0 atom stereocenters. The van der Waals surface area contributed by atoms with Gasteiger partial charge in [0.05, 0.1) is 17.1 Å². The van der Waals surface area contributed by atoms with Gasteiger partial charge in [-0.25, -0.2) is 4.68 Å². The number of nitrogens with two attached hydrogens (primary N) is 1. The third kappa shape index (κ3) is 3.01. The second-order valence-electron chi connectivity index (χ2n) is 4.92. The molecule has 0 fully saturated rings. The van der Waals surface area contributed by atoms with Crippen molar-refractivity contribution >= 4 is 0 Å². The van der Waals surface area contributed by atoms with Crippen molar-refractivity contribution in [3.63, 3.8) is 0 Å². The molecule has 0 saturated heterocycles. The summed E-state index contributed by atoms with van der Waals surface area (Å²) in [7, 11) is 0. The normalized spacial score (nSPS) is 10.7. The maximum atomic E-state index is 5.80. The van der Waals surface area contributed by atoms with Gasteiger partial charge in [0.15, 0.2) is 0 Å². The lowest BCUT2D eigenvalue weighted by molar-refractivity contribution is 0.752. The minimum Gasteiger partial charge on any atom is -0.325 e. The highest BCUT2D eigenvalue weighted by Gasteiger charge is 2.12. The van der Waals surface area contributed by atoms with Gasteiger partial charge >= 0.3 is 0 Å². The fraction of sp³-hybridized carbons (Fsp3) is 0.176. The molecule has 4 heteroatoms. The summed E-state index contributed by atoms with van der Waals surface area (Å²) in [6, 6.07) is 20.5. The van der Waals surface area contributed by atoms with Gasteiger partial charge in [0.1, 0.15) is 0 Å². The summed E-state index contributed by atoms with van der Waals surface area (Å²) in [5, 5.41) is 8.47. The van der Waals surface area contributed by atoms with Crippen LogP contribution in [0, 0.1) is 0 Å². The van der Waals surface area contributed by atoms with Crippen LogP contribution in [0.5, 0.6) is 0 Å². The first-order valence-electron chi connectivity index (χ1n) is 7.11. The number of rotatable bonds is 5. The summed E-state index contributed by atoms with van der Waals surface area (Å²) in [5.41, 5.74) is 10.1. The van der Waals surface area contributed by atoms with Crippen LogP contribution in [0.1, 0.15) is 17.0 Å². The van der Waals surface area contributed by atoms with Crippen molar-refractivity contribution in [2.75, 3.05) is 0 Å². The molecule has 2 N–H and O–H groups in total. The third-order valence-corrected chi connectivity index (χ3v) is 3.53. The quantitative estimate of drug-likeness (QED) is 0.780. The van der Waals surface area contributed by atoms with E-state index in [2.05, 4.69) is 34.6 Å². The molecule has 0 bridgehead atoms. The molecule has 0 spiro atoms. The molecule has 0 aliphatic rings. The van der Waals surface area contributed by atoms with E-state index in [0.717, 1.165) is 29.9 Å². The largest absolute Gasteiger partial charge is 0.325 e. The number of aryl methyl sites for hydroxylation is 1. The van der Waals surface area contributed by atoms with E-state index < -0.39 is 0 Å². The lowest BCUT2D eigenvalue weighted by atomic mass is 10.1. The molecule has 21 heavy (non-hydrogen) atoms. The first kappa shape index (κ1) is 13.5. The van der Waals surface area contributed by atoms with Crippen molar-refractivity contribution in [2.24, 2.45) is 5.73 Å². The Morgan fingerprint density at radius 1 is 0.857 bits per heavy atom. The van der Waals surface area contributed by atoms with Gasteiger partial charge in [0, 0.05) is 6.54 Å². The lowest BCUT2D eigenvalue weighted by Gasteiger charge is -2.08. The molecule has 4 nitrogen and oxygen atoms in total. The number of hydrogen-bond donors (Lipinski definition) is 1. The topological polar surface area (TPSA) is 56.7 Å². The predicted octanol–water partition coefficient (Wildman–Crippen LogP) is 2.51. The summed E-state index contributed by atoms with van der Waals surface area (Å²) in [5.74, 6) is 0. The average molecular weight is 278 g/mol. The van der Waals surface area contributed by atoms with E-state index in [0.29, 0.717) is 6.54 Å². The van der Waals surface area contributed by atoms with Crippen molar-refractivity contribution in [3.8, 4) is 5.69 Å². The highest BCUT2D eigenvalue weighted by Crippen LogP contribution is 2.15. The van der Waals surface area contributed by atoms with E-state index >= 15 is 0 Å². The van der Waals surface area contributed by atoms with Crippen molar-refractivity contribution in [1.29, 1.82) is 0 Å². The zero-order chi connectivity index (χ0) is 14.5. The molecule has 106 valence electrons. The summed E-state index contributed by atoms with van der Waals surface area (Å²) >= 11 is 0. The highest BCUT2D eigenvalue weighted by molar-refractivity contribution is 5.33. The van der Waals surface area contributed by atoms with Gasteiger partial charge in [0.25, 0.3) is 0 Å². The monoisotopic (exact) mass is 278 g/mol. The molecule has 2 aromatic carbocycles. The second-order valence-corrected chi connectivity index (χ2v) is 4.92. The van der Waals surface area contributed by atoms with Gasteiger partial charge in [-0.15, -0.1) is 5.10 Å². The molecule has 0 aliphatic carbocycles. The number of aromatic nitrogens is 3. The number of nitrogens with zero attached hydrogens (tertiary/aromatic N) is 3. The third-order valence-electron chi connectivity index (χ3n) is 3.53. The standard InChI is InChI=1S/C17H18N4/c18-13-16-17(12-11-14-7-3-1-4-8-14)21(20-19-16)15-9-5-2-6-10-15/h1-10H,11-13,18H2. The highest BCUT2D eigenvalue weighted by atomic mass is 15.4. The number of hydrogen-bond acceptors (Lipinski definition) is 3. The molecule has 1 heterocycles. The Hall–Kier alpha value is -2.46. The minimum atomic E-state index is 0.414. The Bertz CT molecular complexity index is 689. The zero-order valence-electron chi connectivity index (χ0n) is 11.8. The van der Waals surface area contributed by atoms with Gasteiger partial charge in [-0.1, -0.05) is 53.7 Å². The van der Waals surface area contributed by atoms with Gasteiger partial charge in [-0.2, -0.15) is 0 Å². The molecular weight excluding hydrogens is 260 g/mol. The first-order chi connectivity index (χ1) is 10.4. The molecule has 0 radical (unpaired) electrons. The maximum absolute atomic E-state index is 5.80. The maximum Gasteiger partial charge on any atom is 0.0999 e. The Balaban J connectivity index is 1.88. The summed E-state index contributed by atoms with van der Waals surface area (Å²) < 4.78 is 1.89. The molecular formula is C17H18N4. The van der Waals surface area contributed by atoms with Crippen LogP contribution in [-0.2, 0) is 19.4 Å². The Labute approximate surface area is 124 Å². The molecule has 3 rings (SSSR count). The average Bonchev–Trinajstić information content (AvgIpc) is 2.97. The van der Waals surface area contributed by atoms with Crippen molar-refractivity contribution < 1.29 is 0 Å². The molecule has 0 amide bonds. The molecule has 0 aliphatic heterocycles. The number of para-hydroxylation sites is 1. The summed E-state index contributed by atoms with van der Waals surface area (Å²) in [6.07, 6.45) is 1.83. The Kier molecular flexibility index (Phi) is 4.07. The van der Waals surface area contributed by atoms with Crippen LogP contribution in [0.3, 0.4) is 0 Å². The van der Waals surface area contributed by atoms with E-state index in [1.165, 1.54) is 5.56 Å². The second kappa shape index (κ2) is 6.33. The van der Waals surface area contributed by atoms with Gasteiger partial charge in [-0.05, 0) is 30.5 Å². The molecule has 3 aromatic rings. The summed E-state index contributed by atoms with van der Waals surface area (Å²) in [4.78, 5) is 0. The van der Waals surface area contributed by atoms with Gasteiger partial charge < -0.3 is 5.73 Å². The van der Waals surface area contributed by atoms with E-state index in [9.17, 15) is 0 Å². The summed E-state index contributed by atoms with van der Waals surface area (Å²) in [6.45, 7) is 0.414. The van der Waals surface area contributed by atoms with Crippen molar-refractivity contribution in [2.45, 2.75) is 19.4 Å². The Morgan fingerprint density at radius 2 is 1.52 bits per heavy atom. The van der Waals surface area contributed by atoms with E-state index in [1.54, 1.807) is 0 Å². The SMILES string of the molecule is NCc1nnn(-c2ccccc2)c1CCc1ccccc1. The smallest absolute Gasteiger partial charge is 0.0999 e. The minimum absolute atomic E-state index is 0.414. The van der Waals surface area contributed by atoms with E-state index in [4.69, 9.17) is 5.73 Å². The van der Waals surface area contributed by atoms with Crippen LogP contribution in [-0.4, -0.2) is 15.0 Å². The molecule has 1 aromatic heterocycles. The van der Waals surface area contributed by atoms with Crippen LogP contribution in [0.4, 0.5) is 0 Å². The fourth-order valence-electron chi connectivity index (χ4n) is 2.43. The van der Waals surface area contributed by atoms with Crippen LogP contribution < -0.4 is 5.73 Å². The number of benzene rings is 2. The zero-order valence-corrected chi connectivity index (χ0v) is 11.8. The molecule has 0 unspecified atom stereocenters. The lowest BCUT2D eigenvalue weighted by Crippen LogP contribution is -2.07. The first-order valence-corrected chi connectivity index (χ1v) is 7.11. The predicted molar refractivity (Wildman–Crippen MR) is 83.1 cm³/mol.